The van der Waals surface area contributed by atoms with Gasteiger partial charge in [0.25, 0.3) is 0 Å². The fourth-order valence-corrected chi connectivity index (χ4v) is 1.22. The largest absolute Gasteiger partial charge is 0.287 e. The van der Waals surface area contributed by atoms with Crippen LogP contribution < -0.4 is 0 Å². The van der Waals surface area contributed by atoms with Crippen molar-refractivity contribution < 1.29 is 8.78 Å². The molecule has 16 heavy (non-hydrogen) atoms. The molecule has 3 heteroatoms. The topological polar surface area (TPSA) is 3.24 Å². The number of halogens is 2. The zero-order chi connectivity index (χ0) is 12.3. The van der Waals surface area contributed by atoms with Crippen molar-refractivity contribution in [3.8, 4) is 12.3 Å². The highest BCUT2D eigenvalue weighted by molar-refractivity contribution is 5.19. The smallest absolute Gasteiger partial charge is 0.159 e. The maximum absolute atomic E-state index is 13.0. The second-order valence-corrected chi connectivity index (χ2v) is 4.31. The Labute approximate surface area is 95.1 Å². The molecule has 1 nitrogen and oxygen atoms in total. The van der Waals surface area contributed by atoms with E-state index in [2.05, 4.69) is 5.92 Å². The van der Waals surface area contributed by atoms with Crippen LogP contribution in [-0.2, 0) is 6.54 Å². The van der Waals surface area contributed by atoms with Crippen LogP contribution in [-0.4, -0.2) is 17.5 Å². The summed E-state index contributed by atoms with van der Waals surface area (Å²) in [6.07, 6.45) is 5.39. The average molecular weight is 223 g/mol. The van der Waals surface area contributed by atoms with Crippen molar-refractivity contribution in [1.82, 2.24) is 4.90 Å². The summed E-state index contributed by atoms with van der Waals surface area (Å²) in [5.41, 5.74) is 0.287. The molecule has 0 bridgehead atoms. The third-order valence-electron chi connectivity index (χ3n) is 2.71. The molecule has 0 amide bonds. The Morgan fingerprint density at radius 3 is 2.44 bits per heavy atom. The van der Waals surface area contributed by atoms with Crippen LogP contribution in [0.2, 0.25) is 0 Å². The Morgan fingerprint density at radius 1 is 1.31 bits per heavy atom. The molecule has 0 saturated carbocycles. The highest BCUT2D eigenvalue weighted by Crippen LogP contribution is 2.16. The summed E-state index contributed by atoms with van der Waals surface area (Å²) < 4.78 is 25.7. The SMILES string of the molecule is C#CC(C)(C)N(C)Cc1ccc(F)c(F)c1. The third-order valence-corrected chi connectivity index (χ3v) is 2.71. The van der Waals surface area contributed by atoms with Crippen LogP contribution in [0.4, 0.5) is 8.78 Å². The number of rotatable bonds is 3. The Bertz CT molecular complexity index is 418. The number of terminal acetylenes is 1. The van der Waals surface area contributed by atoms with Crippen molar-refractivity contribution in [2.45, 2.75) is 25.9 Å². The van der Waals surface area contributed by atoms with E-state index in [1.165, 1.54) is 6.07 Å². The minimum absolute atomic E-state index is 0.412. The first-order chi connectivity index (χ1) is 7.36. The van der Waals surface area contributed by atoms with Crippen molar-refractivity contribution >= 4 is 0 Å². The molecule has 0 radical (unpaired) electrons. The van der Waals surface area contributed by atoms with Gasteiger partial charge in [-0.25, -0.2) is 8.78 Å². The highest BCUT2D eigenvalue weighted by Gasteiger charge is 2.20. The van der Waals surface area contributed by atoms with Gasteiger partial charge in [-0.3, -0.25) is 4.90 Å². The normalized spacial score (nSPS) is 11.6. The van der Waals surface area contributed by atoms with Gasteiger partial charge >= 0.3 is 0 Å². The maximum atomic E-state index is 13.0. The molecule has 1 aromatic rings. The standard InChI is InChI=1S/C13H15F2N/c1-5-13(2,3)16(4)9-10-6-7-11(14)12(15)8-10/h1,6-8H,9H2,2-4H3. The zero-order valence-corrected chi connectivity index (χ0v) is 9.72. The number of hydrogen-bond acceptors (Lipinski definition) is 1. The first kappa shape index (κ1) is 12.7. The fraction of sp³-hybridized carbons (Fsp3) is 0.385. The second-order valence-electron chi connectivity index (χ2n) is 4.31. The van der Waals surface area contributed by atoms with E-state index >= 15 is 0 Å². The van der Waals surface area contributed by atoms with Crippen molar-refractivity contribution in [2.75, 3.05) is 7.05 Å². The van der Waals surface area contributed by atoms with Gasteiger partial charge in [0.05, 0.1) is 5.54 Å². The highest BCUT2D eigenvalue weighted by atomic mass is 19.2. The first-order valence-corrected chi connectivity index (χ1v) is 5.00. The molecule has 0 fully saturated rings. The third kappa shape index (κ3) is 2.80. The van der Waals surface area contributed by atoms with E-state index in [1.807, 2.05) is 25.8 Å². The van der Waals surface area contributed by atoms with Gasteiger partial charge in [0.1, 0.15) is 0 Å². The Balaban J connectivity index is 2.82. The van der Waals surface area contributed by atoms with E-state index in [-0.39, 0.29) is 0 Å². The number of hydrogen-bond donors (Lipinski definition) is 0. The van der Waals surface area contributed by atoms with Crippen LogP contribution >= 0.6 is 0 Å². The Kier molecular flexibility index (Phi) is 3.66. The van der Waals surface area contributed by atoms with E-state index in [0.717, 1.165) is 6.07 Å². The molecule has 0 atom stereocenters. The molecule has 86 valence electrons. The van der Waals surface area contributed by atoms with E-state index in [0.29, 0.717) is 12.1 Å². The number of benzene rings is 1. The van der Waals surface area contributed by atoms with Crippen LogP contribution in [0, 0.1) is 24.0 Å². The molecule has 0 aromatic heterocycles. The van der Waals surface area contributed by atoms with Crippen LogP contribution in [0.25, 0.3) is 0 Å². The predicted molar refractivity (Wildman–Crippen MR) is 60.7 cm³/mol. The minimum atomic E-state index is -0.831. The fourth-order valence-electron chi connectivity index (χ4n) is 1.22. The molecule has 0 N–H and O–H groups in total. The van der Waals surface area contributed by atoms with E-state index in [1.54, 1.807) is 6.07 Å². The second kappa shape index (κ2) is 4.63. The molecular formula is C13H15F2N. The Hall–Kier alpha value is -1.40. The quantitative estimate of drug-likeness (QED) is 0.712. The minimum Gasteiger partial charge on any atom is -0.287 e. The van der Waals surface area contributed by atoms with Crippen LogP contribution in [0.15, 0.2) is 18.2 Å². The summed E-state index contributed by atoms with van der Waals surface area (Å²) in [4.78, 5) is 1.90. The monoisotopic (exact) mass is 223 g/mol. The van der Waals surface area contributed by atoms with Gasteiger partial charge in [-0.15, -0.1) is 6.42 Å². The van der Waals surface area contributed by atoms with E-state index in [4.69, 9.17) is 6.42 Å². The molecule has 0 unspecified atom stereocenters. The van der Waals surface area contributed by atoms with Crippen LogP contribution in [0.3, 0.4) is 0 Å². The van der Waals surface area contributed by atoms with Gasteiger partial charge in [0, 0.05) is 6.54 Å². The summed E-state index contributed by atoms with van der Waals surface area (Å²) in [7, 11) is 1.85. The van der Waals surface area contributed by atoms with Crippen LogP contribution in [0.1, 0.15) is 19.4 Å². The van der Waals surface area contributed by atoms with Gasteiger partial charge < -0.3 is 0 Å². The molecule has 0 aliphatic carbocycles. The van der Waals surface area contributed by atoms with Crippen molar-refractivity contribution in [3.05, 3.63) is 35.4 Å². The molecule has 1 aromatic carbocycles. The van der Waals surface area contributed by atoms with Gasteiger partial charge in [-0.05, 0) is 38.6 Å². The predicted octanol–water partition coefficient (Wildman–Crippen LogP) is 2.81. The Morgan fingerprint density at radius 2 is 1.94 bits per heavy atom. The lowest BCUT2D eigenvalue weighted by molar-refractivity contribution is 0.205. The lowest BCUT2D eigenvalue weighted by Crippen LogP contribution is -2.39. The van der Waals surface area contributed by atoms with Gasteiger partial charge in [0.2, 0.25) is 0 Å². The van der Waals surface area contributed by atoms with Gasteiger partial charge in [-0.2, -0.15) is 0 Å². The van der Waals surface area contributed by atoms with Crippen LogP contribution in [0.5, 0.6) is 0 Å². The van der Waals surface area contributed by atoms with Crippen molar-refractivity contribution in [2.24, 2.45) is 0 Å². The lowest BCUT2D eigenvalue weighted by atomic mass is 10.0. The zero-order valence-electron chi connectivity index (χ0n) is 9.72. The van der Waals surface area contributed by atoms with E-state index < -0.39 is 17.2 Å². The van der Waals surface area contributed by atoms with Crippen molar-refractivity contribution in [3.63, 3.8) is 0 Å². The lowest BCUT2D eigenvalue weighted by Gasteiger charge is -2.30. The summed E-state index contributed by atoms with van der Waals surface area (Å²) >= 11 is 0. The maximum Gasteiger partial charge on any atom is 0.159 e. The van der Waals surface area contributed by atoms with Crippen molar-refractivity contribution in [1.29, 1.82) is 0 Å². The van der Waals surface area contributed by atoms with Gasteiger partial charge in [0.15, 0.2) is 11.6 Å². The average Bonchev–Trinajstić information content (AvgIpc) is 2.23. The molecular weight excluding hydrogens is 208 g/mol. The molecule has 0 aliphatic rings. The first-order valence-electron chi connectivity index (χ1n) is 5.00. The molecule has 0 heterocycles. The van der Waals surface area contributed by atoms with Gasteiger partial charge in [-0.1, -0.05) is 12.0 Å². The summed E-state index contributed by atoms with van der Waals surface area (Å²) in [5, 5.41) is 0. The van der Waals surface area contributed by atoms with E-state index in [9.17, 15) is 8.78 Å². The molecule has 0 spiro atoms. The molecule has 0 aliphatic heterocycles. The summed E-state index contributed by atoms with van der Waals surface area (Å²) in [5.74, 6) is 0.985. The molecule has 0 saturated heterocycles. The summed E-state index contributed by atoms with van der Waals surface area (Å²) in [6.45, 7) is 4.27. The number of nitrogens with zero attached hydrogens (tertiary/aromatic N) is 1. The molecule has 1 rings (SSSR count). The summed E-state index contributed by atoms with van der Waals surface area (Å²) in [6, 6.07) is 3.88.